The van der Waals surface area contributed by atoms with E-state index in [9.17, 15) is 14.0 Å². The average molecular weight is 390 g/mol. The summed E-state index contributed by atoms with van der Waals surface area (Å²) >= 11 is 0. The average Bonchev–Trinajstić information content (AvgIpc) is 2.69. The van der Waals surface area contributed by atoms with Crippen molar-refractivity contribution in [3.63, 3.8) is 0 Å². The van der Waals surface area contributed by atoms with Gasteiger partial charge in [-0.3, -0.25) is 9.59 Å². The predicted octanol–water partition coefficient (Wildman–Crippen LogP) is 4.74. The highest BCUT2D eigenvalue weighted by Crippen LogP contribution is 2.43. The molecule has 2 aromatic carbocycles. The summed E-state index contributed by atoms with van der Waals surface area (Å²) in [6.45, 7) is 3.86. The molecule has 1 heterocycles. The van der Waals surface area contributed by atoms with Crippen molar-refractivity contribution in [3.05, 3.63) is 88.0 Å². The fourth-order valence-electron chi connectivity index (χ4n) is 4.24. The van der Waals surface area contributed by atoms with E-state index in [2.05, 4.69) is 10.6 Å². The van der Waals surface area contributed by atoms with Gasteiger partial charge in [0.15, 0.2) is 5.78 Å². The number of anilines is 1. The standard InChI is InChI=1S/C24H23FN2O2/c1-14-6-3-4-7-18(14)22-21(24(29)27-17-12-10-16(25)11-13-17)15(2)26-19-8-5-9-20(28)23(19)22/h3-4,6-7,10-13,22,26H,5,8-9H2,1-2H3,(H,27,29). The number of benzene rings is 2. The third-order valence-electron chi connectivity index (χ3n) is 5.62. The highest BCUT2D eigenvalue weighted by Gasteiger charge is 2.38. The lowest BCUT2D eigenvalue weighted by Crippen LogP contribution is -2.35. The van der Waals surface area contributed by atoms with Crippen LogP contribution in [0.3, 0.4) is 0 Å². The van der Waals surface area contributed by atoms with Gasteiger partial charge in [-0.15, -0.1) is 0 Å². The van der Waals surface area contributed by atoms with Gasteiger partial charge in [0.25, 0.3) is 5.91 Å². The molecule has 4 rings (SSSR count). The molecule has 0 aromatic heterocycles. The van der Waals surface area contributed by atoms with Gasteiger partial charge in [0.1, 0.15) is 5.82 Å². The lowest BCUT2D eigenvalue weighted by atomic mass is 9.74. The molecule has 1 amide bonds. The molecule has 2 aromatic rings. The maximum Gasteiger partial charge on any atom is 0.254 e. The highest BCUT2D eigenvalue weighted by molar-refractivity contribution is 6.09. The number of rotatable bonds is 3. The number of amides is 1. The molecule has 0 fully saturated rings. The zero-order chi connectivity index (χ0) is 20.5. The second-order valence-corrected chi connectivity index (χ2v) is 7.58. The van der Waals surface area contributed by atoms with Crippen molar-refractivity contribution in [2.45, 2.75) is 39.0 Å². The summed E-state index contributed by atoms with van der Waals surface area (Å²) in [5.41, 5.74) is 5.38. The summed E-state index contributed by atoms with van der Waals surface area (Å²) in [6.07, 6.45) is 2.11. The first kappa shape index (κ1) is 19.1. The van der Waals surface area contributed by atoms with Crippen molar-refractivity contribution >= 4 is 17.4 Å². The molecule has 4 nitrogen and oxygen atoms in total. The van der Waals surface area contributed by atoms with Crippen LogP contribution in [0.4, 0.5) is 10.1 Å². The van der Waals surface area contributed by atoms with Crippen LogP contribution < -0.4 is 10.6 Å². The topological polar surface area (TPSA) is 58.2 Å². The number of carbonyl (C=O) groups is 2. The van der Waals surface area contributed by atoms with Gasteiger partial charge in [0.2, 0.25) is 0 Å². The van der Waals surface area contributed by atoms with E-state index in [0.717, 1.165) is 35.4 Å². The van der Waals surface area contributed by atoms with Crippen LogP contribution in [0.2, 0.25) is 0 Å². The van der Waals surface area contributed by atoms with Gasteiger partial charge in [-0.1, -0.05) is 24.3 Å². The van der Waals surface area contributed by atoms with Crippen LogP contribution in [0.25, 0.3) is 0 Å². The third kappa shape index (κ3) is 3.60. The van der Waals surface area contributed by atoms with Crippen LogP contribution in [0.15, 0.2) is 71.1 Å². The Bertz CT molecular complexity index is 1050. The van der Waals surface area contributed by atoms with Crippen molar-refractivity contribution in [2.75, 3.05) is 5.32 Å². The van der Waals surface area contributed by atoms with E-state index < -0.39 is 5.92 Å². The molecule has 2 N–H and O–H groups in total. The van der Waals surface area contributed by atoms with Crippen molar-refractivity contribution < 1.29 is 14.0 Å². The van der Waals surface area contributed by atoms with Crippen LogP contribution in [0.1, 0.15) is 43.2 Å². The van der Waals surface area contributed by atoms with E-state index in [4.69, 9.17) is 0 Å². The van der Waals surface area contributed by atoms with E-state index in [1.807, 2.05) is 38.1 Å². The summed E-state index contributed by atoms with van der Waals surface area (Å²) in [5, 5.41) is 6.17. The molecule has 0 bridgehead atoms. The first-order valence-corrected chi connectivity index (χ1v) is 9.82. The number of ketones is 1. The van der Waals surface area contributed by atoms with Crippen LogP contribution in [0, 0.1) is 12.7 Å². The van der Waals surface area contributed by atoms with Crippen molar-refractivity contribution in [1.29, 1.82) is 0 Å². The minimum atomic E-state index is -0.416. The first-order valence-electron chi connectivity index (χ1n) is 9.82. The van der Waals surface area contributed by atoms with Crippen molar-refractivity contribution in [2.24, 2.45) is 0 Å². The smallest absolute Gasteiger partial charge is 0.254 e. The SMILES string of the molecule is CC1=C(C(=O)Nc2ccc(F)cc2)C(c2ccccc2C)C2=C(CCCC2=O)N1. The van der Waals surface area contributed by atoms with E-state index in [1.54, 1.807) is 0 Å². The summed E-state index contributed by atoms with van der Waals surface area (Å²) in [4.78, 5) is 26.2. The molecule has 0 radical (unpaired) electrons. The fourth-order valence-corrected chi connectivity index (χ4v) is 4.24. The number of Topliss-reactive ketones (excluding diaryl/α,β-unsaturated/α-hetero) is 1. The Morgan fingerprint density at radius 2 is 1.79 bits per heavy atom. The summed E-state index contributed by atoms with van der Waals surface area (Å²) < 4.78 is 13.2. The number of hydrogen-bond acceptors (Lipinski definition) is 3. The number of allylic oxidation sites excluding steroid dienone is 3. The molecule has 0 saturated carbocycles. The number of hydrogen-bond donors (Lipinski definition) is 2. The minimum absolute atomic E-state index is 0.0894. The van der Waals surface area contributed by atoms with Crippen LogP contribution in [-0.2, 0) is 9.59 Å². The first-order chi connectivity index (χ1) is 14.0. The molecular formula is C24H23FN2O2. The predicted molar refractivity (Wildman–Crippen MR) is 111 cm³/mol. The quantitative estimate of drug-likeness (QED) is 0.796. The maximum absolute atomic E-state index is 13.3. The van der Waals surface area contributed by atoms with Crippen LogP contribution in [0.5, 0.6) is 0 Å². The van der Waals surface area contributed by atoms with E-state index >= 15 is 0 Å². The Kier molecular flexibility index (Phi) is 5.05. The molecule has 0 spiro atoms. The number of carbonyl (C=O) groups excluding carboxylic acids is 2. The van der Waals surface area contributed by atoms with E-state index in [0.29, 0.717) is 23.3 Å². The molecule has 29 heavy (non-hydrogen) atoms. The van der Waals surface area contributed by atoms with Crippen molar-refractivity contribution in [1.82, 2.24) is 5.32 Å². The van der Waals surface area contributed by atoms with Crippen LogP contribution >= 0.6 is 0 Å². The molecule has 5 heteroatoms. The Balaban J connectivity index is 1.80. The van der Waals surface area contributed by atoms with Gasteiger partial charge in [-0.05, 0) is 62.1 Å². The van der Waals surface area contributed by atoms with Gasteiger partial charge < -0.3 is 10.6 Å². The summed E-state index contributed by atoms with van der Waals surface area (Å²) in [5.74, 6) is -0.981. The Labute approximate surface area is 169 Å². The van der Waals surface area contributed by atoms with Gasteiger partial charge >= 0.3 is 0 Å². The second kappa shape index (κ2) is 7.66. The Hall–Kier alpha value is -3.21. The van der Waals surface area contributed by atoms with Crippen molar-refractivity contribution in [3.8, 4) is 0 Å². The fraction of sp³-hybridized carbons (Fsp3) is 0.250. The lowest BCUT2D eigenvalue weighted by Gasteiger charge is -2.35. The number of nitrogens with one attached hydrogen (secondary N) is 2. The van der Waals surface area contributed by atoms with Crippen LogP contribution in [-0.4, -0.2) is 11.7 Å². The van der Waals surface area contributed by atoms with Gasteiger partial charge in [0.05, 0.1) is 0 Å². The molecule has 1 aliphatic heterocycles. The highest BCUT2D eigenvalue weighted by atomic mass is 19.1. The molecule has 1 atom stereocenters. The third-order valence-corrected chi connectivity index (χ3v) is 5.62. The van der Waals surface area contributed by atoms with Gasteiger partial charge in [0, 0.05) is 40.6 Å². The number of aryl methyl sites for hydroxylation is 1. The Morgan fingerprint density at radius 3 is 2.52 bits per heavy atom. The zero-order valence-electron chi connectivity index (χ0n) is 16.5. The summed E-state index contributed by atoms with van der Waals surface area (Å²) in [7, 11) is 0. The molecule has 0 saturated heterocycles. The van der Waals surface area contributed by atoms with Gasteiger partial charge in [-0.25, -0.2) is 4.39 Å². The molecule has 1 unspecified atom stereocenters. The lowest BCUT2D eigenvalue weighted by molar-refractivity contribution is -0.116. The number of dihydropyridines is 1. The Morgan fingerprint density at radius 1 is 1.07 bits per heavy atom. The van der Waals surface area contributed by atoms with Gasteiger partial charge in [-0.2, -0.15) is 0 Å². The largest absolute Gasteiger partial charge is 0.362 e. The van der Waals surface area contributed by atoms with E-state index in [1.165, 1.54) is 24.3 Å². The van der Waals surface area contributed by atoms with E-state index in [-0.39, 0.29) is 17.5 Å². The summed E-state index contributed by atoms with van der Waals surface area (Å²) in [6, 6.07) is 13.5. The second-order valence-electron chi connectivity index (χ2n) is 7.58. The molecular weight excluding hydrogens is 367 g/mol. The molecule has 2 aliphatic rings. The monoisotopic (exact) mass is 390 g/mol. The normalized spacial score (nSPS) is 19.0. The molecule has 1 aliphatic carbocycles. The number of halogens is 1. The maximum atomic E-state index is 13.3. The minimum Gasteiger partial charge on any atom is -0.362 e. The zero-order valence-corrected chi connectivity index (χ0v) is 16.5. The molecule has 148 valence electrons.